The molecule has 1 atom stereocenters. The highest BCUT2D eigenvalue weighted by atomic mass is 16.2. The summed E-state index contributed by atoms with van der Waals surface area (Å²) in [5, 5.41) is 2.90. The summed E-state index contributed by atoms with van der Waals surface area (Å²) in [5.74, 6) is 0. The summed E-state index contributed by atoms with van der Waals surface area (Å²) in [5.41, 5.74) is 5.63. The van der Waals surface area contributed by atoms with E-state index in [2.05, 4.69) is 24.1 Å². The van der Waals surface area contributed by atoms with E-state index in [1.54, 1.807) is 0 Å². The second-order valence-corrected chi connectivity index (χ2v) is 4.34. The highest BCUT2D eigenvalue weighted by Crippen LogP contribution is 2.05. The minimum atomic E-state index is 0.0712. The maximum Gasteiger partial charge on any atom is 0.317 e. The van der Waals surface area contributed by atoms with Crippen LogP contribution in [-0.2, 0) is 0 Å². The molecule has 1 rings (SSSR count). The molecule has 0 spiro atoms. The molecule has 16 heavy (non-hydrogen) atoms. The number of carbonyl (C=O) groups excluding carboxylic acids is 1. The molecule has 5 heteroatoms. The summed E-state index contributed by atoms with van der Waals surface area (Å²) < 4.78 is 0. The van der Waals surface area contributed by atoms with Crippen LogP contribution >= 0.6 is 0 Å². The molecule has 5 nitrogen and oxygen atoms in total. The molecule has 0 bridgehead atoms. The van der Waals surface area contributed by atoms with Gasteiger partial charge >= 0.3 is 6.03 Å². The third-order valence-corrected chi connectivity index (χ3v) is 3.09. The van der Waals surface area contributed by atoms with Gasteiger partial charge in [0.25, 0.3) is 0 Å². The van der Waals surface area contributed by atoms with Crippen LogP contribution in [0.1, 0.15) is 20.3 Å². The van der Waals surface area contributed by atoms with Crippen LogP contribution in [-0.4, -0.2) is 61.1 Å². The Balaban J connectivity index is 2.28. The molecule has 0 aromatic carbocycles. The van der Waals surface area contributed by atoms with E-state index >= 15 is 0 Å². The van der Waals surface area contributed by atoms with Gasteiger partial charge in [-0.05, 0) is 13.3 Å². The van der Waals surface area contributed by atoms with Crippen molar-refractivity contribution in [2.75, 3.05) is 39.3 Å². The molecule has 1 fully saturated rings. The summed E-state index contributed by atoms with van der Waals surface area (Å²) in [6.07, 6.45) is 0.982. The van der Waals surface area contributed by atoms with Gasteiger partial charge in [-0.3, -0.25) is 4.90 Å². The van der Waals surface area contributed by atoms with Crippen LogP contribution in [0.5, 0.6) is 0 Å². The predicted molar refractivity (Wildman–Crippen MR) is 65.4 cm³/mol. The van der Waals surface area contributed by atoms with Gasteiger partial charge in [0.15, 0.2) is 0 Å². The number of carbonyl (C=O) groups is 1. The van der Waals surface area contributed by atoms with Gasteiger partial charge in [0.1, 0.15) is 0 Å². The molecule has 1 unspecified atom stereocenters. The van der Waals surface area contributed by atoms with Crippen LogP contribution in [0.4, 0.5) is 4.79 Å². The Morgan fingerprint density at radius 1 is 1.38 bits per heavy atom. The minimum Gasteiger partial charge on any atom is -0.338 e. The number of hydrogen-bond acceptors (Lipinski definition) is 3. The van der Waals surface area contributed by atoms with Gasteiger partial charge in [0, 0.05) is 45.3 Å². The van der Waals surface area contributed by atoms with Crippen molar-refractivity contribution < 1.29 is 4.79 Å². The van der Waals surface area contributed by atoms with Crippen molar-refractivity contribution >= 4 is 6.03 Å². The fourth-order valence-corrected chi connectivity index (χ4v) is 1.86. The second kappa shape index (κ2) is 6.70. The molecule has 0 aromatic heterocycles. The predicted octanol–water partition coefficient (Wildman–Crippen LogP) is 0.0708. The van der Waals surface area contributed by atoms with Gasteiger partial charge in [-0.2, -0.15) is 0 Å². The van der Waals surface area contributed by atoms with E-state index in [4.69, 9.17) is 5.73 Å². The Bertz CT molecular complexity index is 214. The first kappa shape index (κ1) is 13.3. The third kappa shape index (κ3) is 3.64. The van der Waals surface area contributed by atoms with Gasteiger partial charge in [-0.1, -0.05) is 6.92 Å². The van der Waals surface area contributed by atoms with Gasteiger partial charge in [-0.15, -0.1) is 0 Å². The van der Waals surface area contributed by atoms with E-state index in [0.717, 1.165) is 39.1 Å². The summed E-state index contributed by atoms with van der Waals surface area (Å²) in [4.78, 5) is 15.9. The Kier molecular flexibility index (Phi) is 5.55. The number of amides is 2. The number of piperazine rings is 1. The van der Waals surface area contributed by atoms with Crippen molar-refractivity contribution in [1.29, 1.82) is 0 Å². The Hall–Kier alpha value is -0.810. The van der Waals surface area contributed by atoms with Crippen LogP contribution in [0.15, 0.2) is 0 Å². The number of nitrogens with two attached hydrogens (primary N) is 1. The largest absolute Gasteiger partial charge is 0.338 e. The standard InChI is InChI=1S/C11H24N4O/c1-3-4-13-11(16)15-7-5-14(6-8-15)10(2)9-12/h10H,3-9,12H2,1-2H3,(H,13,16). The summed E-state index contributed by atoms with van der Waals surface area (Å²) in [6.45, 7) is 9.10. The van der Waals surface area contributed by atoms with Gasteiger partial charge < -0.3 is 16.0 Å². The molecular formula is C11H24N4O. The average Bonchev–Trinajstić information content (AvgIpc) is 2.35. The lowest BCUT2D eigenvalue weighted by Crippen LogP contribution is -2.54. The Morgan fingerprint density at radius 3 is 2.50 bits per heavy atom. The monoisotopic (exact) mass is 228 g/mol. The Morgan fingerprint density at radius 2 is 2.00 bits per heavy atom. The van der Waals surface area contributed by atoms with E-state index in [0.29, 0.717) is 12.6 Å². The minimum absolute atomic E-state index is 0.0712. The molecule has 1 heterocycles. The van der Waals surface area contributed by atoms with Gasteiger partial charge in [0.2, 0.25) is 0 Å². The normalized spacial score (nSPS) is 19.6. The molecule has 0 radical (unpaired) electrons. The highest BCUT2D eigenvalue weighted by Gasteiger charge is 2.22. The maximum atomic E-state index is 11.7. The van der Waals surface area contributed by atoms with Crippen LogP contribution in [0.3, 0.4) is 0 Å². The zero-order chi connectivity index (χ0) is 12.0. The van der Waals surface area contributed by atoms with Gasteiger partial charge in [0.05, 0.1) is 0 Å². The first-order valence-electron chi connectivity index (χ1n) is 6.16. The zero-order valence-electron chi connectivity index (χ0n) is 10.4. The molecule has 0 saturated carbocycles. The van der Waals surface area contributed by atoms with Crippen molar-refractivity contribution in [1.82, 2.24) is 15.1 Å². The van der Waals surface area contributed by atoms with Crippen LogP contribution < -0.4 is 11.1 Å². The topological polar surface area (TPSA) is 61.6 Å². The summed E-state index contributed by atoms with van der Waals surface area (Å²) in [7, 11) is 0. The smallest absolute Gasteiger partial charge is 0.317 e. The average molecular weight is 228 g/mol. The number of urea groups is 1. The van der Waals surface area contributed by atoms with Crippen LogP contribution in [0.25, 0.3) is 0 Å². The molecule has 94 valence electrons. The van der Waals surface area contributed by atoms with Crippen LogP contribution in [0.2, 0.25) is 0 Å². The lowest BCUT2D eigenvalue weighted by atomic mass is 10.2. The fraction of sp³-hybridized carbons (Fsp3) is 0.909. The van der Waals surface area contributed by atoms with E-state index in [1.165, 1.54) is 0 Å². The summed E-state index contributed by atoms with van der Waals surface area (Å²) in [6, 6.07) is 0.489. The quantitative estimate of drug-likeness (QED) is 0.716. The first-order chi connectivity index (χ1) is 7.69. The SMILES string of the molecule is CCCNC(=O)N1CCN(C(C)CN)CC1. The number of hydrogen-bond donors (Lipinski definition) is 2. The molecule has 0 aliphatic carbocycles. The molecule has 1 saturated heterocycles. The van der Waals surface area contributed by atoms with E-state index < -0.39 is 0 Å². The van der Waals surface area contributed by atoms with E-state index in [9.17, 15) is 4.79 Å². The second-order valence-electron chi connectivity index (χ2n) is 4.34. The molecule has 1 aliphatic heterocycles. The van der Waals surface area contributed by atoms with E-state index in [1.807, 2.05) is 4.90 Å². The lowest BCUT2D eigenvalue weighted by Gasteiger charge is -2.37. The highest BCUT2D eigenvalue weighted by molar-refractivity contribution is 5.74. The molecule has 2 amide bonds. The first-order valence-corrected chi connectivity index (χ1v) is 6.16. The maximum absolute atomic E-state index is 11.7. The summed E-state index contributed by atoms with van der Waals surface area (Å²) >= 11 is 0. The van der Waals surface area contributed by atoms with Crippen molar-refractivity contribution in [2.45, 2.75) is 26.3 Å². The van der Waals surface area contributed by atoms with Crippen LogP contribution in [0, 0.1) is 0 Å². The van der Waals surface area contributed by atoms with E-state index in [-0.39, 0.29) is 6.03 Å². The number of nitrogens with zero attached hydrogens (tertiary/aromatic N) is 2. The number of nitrogens with one attached hydrogen (secondary N) is 1. The molecule has 3 N–H and O–H groups in total. The lowest BCUT2D eigenvalue weighted by molar-refractivity contribution is 0.116. The Labute approximate surface area is 98.0 Å². The molecular weight excluding hydrogens is 204 g/mol. The van der Waals surface area contributed by atoms with Crippen molar-refractivity contribution in [3.8, 4) is 0 Å². The van der Waals surface area contributed by atoms with Crippen molar-refractivity contribution in [3.05, 3.63) is 0 Å². The zero-order valence-corrected chi connectivity index (χ0v) is 10.4. The fourth-order valence-electron chi connectivity index (χ4n) is 1.86. The molecule has 1 aliphatic rings. The van der Waals surface area contributed by atoms with Crippen molar-refractivity contribution in [3.63, 3.8) is 0 Å². The van der Waals surface area contributed by atoms with Gasteiger partial charge in [-0.25, -0.2) is 4.79 Å². The third-order valence-electron chi connectivity index (χ3n) is 3.09. The molecule has 0 aromatic rings. The number of rotatable bonds is 4. The van der Waals surface area contributed by atoms with Crippen molar-refractivity contribution in [2.24, 2.45) is 5.73 Å².